The van der Waals surface area contributed by atoms with Crippen molar-refractivity contribution >= 4 is 21.8 Å². The fourth-order valence-corrected chi connectivity index (χ4v) is 3.36. The highest BCUT2D eigenvalue weighted by Crippen LogP contribution is 2.21. The first kappa shape index (κ1) is 21.8. The number of benzene rings is 2. The number of carbonyl (C=O) groups excluding carboxylic acids is 1. The summed E-state index contributed by atoms with van der Waals surface area (Å²) < 4.78 is 27.3. The predicted octanol–water partition coefficient (Wildman–Crippen LogP) is 4.33. The van der Waals surface area contributed by atoms with Crippen molar-refractivity contribution < 1.29 is 17.4 Å². The lowest BCUT2D eigenvalue weighted by Gasteiger charge is -2.26. The molecule has 0 aliphatic heterocycles. The Hall–Kier alpha value is -2.54. The van der Waals surface area contributed by atoms with Crippen LogP contribution in [0.15, 0.2) is 42.5 Å². The van der Waals surface area contributed by atoms with Gasteiger partial charge < -0.3 is 14.4 Å². The van der Waals surface area contributed by atoms with Crippen LogP contribution in [0.5, 0.6) is 5.75 Å². The molecule has 0 aliphatic rings. The lowest BCUT2D eigenvalue weighted by atomic mass is 10.1. The predicted molar refractivity (Wildman–Crippen MR) is 112 cm³/mol. The highest BCUT2D eigenvalue weighted by molar-refractivity contribution is 7.86. The normalized spacial score (nSPS) is 11.4. The summed E-state index contributed by atoms with van der Waals surface area (Å²) in [5.41, 5.74) is 3.75. The molecule has 0 aliphatic carbocycles. The van der Waals surface area contributed by atoms with Gasteiger partial charge >= 0.3 is 16.1 Å². The van der Waals surface area contributed by atoms with Gasteiger partial charge in [0.05, 0.1) is 6.26 Å². The number of carbonyl (C=O) groups is 1. The molecule has 152 valence electrons. The Morgan fingerprint density at radius 1 is 1.07 bits per heavy atom. The summed E-state index contributed by atoms with van der Waals surface area (Å²) in [5.74, 6) is 0.554. The molecule has 6 nitrogen and oxygen atoms in total. The first-order valence-corrected chi connectivity index (χ1v) is 11.0. The Kier molecular flexibility index (Phi) is 7.07. The smallest absolute Gasteiger partial charge is 0.322 e. The molecule has 2 rings (SSSR count). The summed E-state index contributed by atoms with van der Waals surface area (Å²) in [6.45, 7) is 9.06. The number of aryl methyl sites for hydroxylation is 2. The number of rotatable bonds is 7. The standard InChI is InChI=1S/C21H28N2O4S/c1-15(2)13-23(21(24)22-20-16(3)7-6-8-17(20)4)14-18-9-11-19(12-10-18)27-28(5,25)26/h6-12,15H,13-14H2,1-5H3,(H,22,24). The van der Waals surface area contributed by atoms with Gasteiger partial charge in [-0.3, -0.25) is 0 Å². The number of hydrogen-bond acceptors (Lipinski definition) is 4. The summed E-state index contributed by atoms with van der Waals surface area (Å²) >= 11 is 0. The van der Waals surface area contributed by atoms with Crippen LogP contribution in [0.1, 0.15) is 30.5 Å². The summed E-state index contributed by atoms with van der Waals surface area (Å²) in [6.07, 6.45) is 1.00. The second kappa shape index (κ2) is 9.10. The molecule has 0 spiro atoms. The molecule has 0 atom stereocenters. The number of anilines is 1. The molecule has 0 saturated carbocycles. The van der Waals surface area contributed by atoms with Gasteiger partial charge in [0.2, 0.25) is 0 Å². The third-order valence-electron chi connectivity index (χ3n) is 4.13. The summed E-state index contributed by atoms with van der Waals surface area (Å²) in [7, 11) is -3.56. The Bertz CT molecular complexity index is 902. The van der Waals surface area contributed by atoms with E-state index in [4.69, 9.17) is 4.18 Å². The van der Waals surface area contributed by atoms with E-state index in [2.05, 4.69) is 19.2 Å². The van der Waals surface area contributed by atoms with Crippen LogP contribution in [0.25, 0.3) is 0 Å². The number of urea groups is 1. The summed E-state index contributed by atoms with van der Waals surface area (Å²) in [5, 5.41) is 3.03. The molecule has 28 heavy (non-hydrogen) atoms. The molecule has 0 unspecified atom stereocenters. The number of amides is 2. The van der Waals surface area contributed by atoms with E-state index in [1.165, 1.54) is 0 Å². The second-order valence-electron chi connectivity index (χ2n) is 7.40. The molecule has 0 heterocycles. The molecule has 0 aromatic heterocycles. The van der Waals surface area contributed by atoms with Crippen molar-refractivity contribution in [2.45, 2.75) is 34.2 Å². The third kappa shape index (κ3) is 6.56. The van der Waals surface area contributed by atoms with Crippen molar-refractivity contribution in [3.8, 4) is 5.75 Å². The fraction of sp³-hybridized carbons (Fsp3) is 0.381. The van der Waals surface area contributed by atoms with Gasteiger partial charge in [0.15, 0.2) is 0 Å². The average Bonchev–Trinajstić information content (AvgIpc) is 2.57. The van der Waals surface area contributed by atoms with Crippen molar-refractivity contribution in [2.75, 3.05) is 18.1 Å². The summed E-state index contributed by atoms with van der Waals surface area (Å²) in [6, 6.07) is 12.4. The maximum Gasteiger partial charge on any atom is 0.322 e. The molecule has 2 aromatic carbocycles. The van der Waals surface area contributed by atoms with Crippen LogP contribution in [0.3, 0.4) is 0 Å². The Morgan fingerprint density at radius 3 is 2.14 bits per heavy atom. The Balaban J connectivity index is 2.16. The van der Waals surface area contributed by atoms with Crippen LogP contribution in [0.2, 0.25) is 0 Å². The molecule has 7 heteroatoms. The van der Waals surface area contributed by atoms with Crippen LogP contribution in [0, 0.1) is 19.8 Å². The number of nitrogens with zero attached hydrogens (tertiary/aromatic N) is 1. The largest absolute Gasteiger partial charge is 0.383 e. The van der Waals surface area contributed by atoms with Crippen LogP contribution in [-0.2, 0) is 16.7 Å². The molecule has 2 aromatic rings. The SMILES string of the molecule is Cc1cccc(C)c1NC(=O)N(Cc1ccc(OS(C)(=O)=O)cc1)CC(C)C. The lowest BCUT2D eigenvalue weighted by molar-refractivity contribution is 0.201. The van der Waals surface area contributed by atoms with E-state index < -0.39 is 10.1 Å². The average molecular weight is 405 g/mol. The fourth-order valence-electron chi connectivity index (χ4n) is 2.90. The quantitative estimate of drug-likeness (QED) is 0.697. The first-order chi connectivity index (χ1) is 13.0. The minimum atomic E-state index is -3.56. The zero-order valence-corrected chi connectivity index (χ0v) is 17.8. The third-order valence-corrected chi connectivity index (χ3v) is 4.63. The highest BCUT2D eigenvalue weighted by atomic mass is 32.2. The van der Waals surface area contributed by atoms with E-state index in [-0.39, 0.29) is 11.8 Å². The van der Waals surface area contributed by atoms with E-state index in [0.717, 1.165) is 28.6 Å². The van der Waals surface area contributed by atoms with Crippen LogP contribution in [-0.4, -0.2) is 32.1 Å². The van der Waals surface area contributed by atoms with Crippen LogP contribution >= 0.6 is 0 Å². The minimum Gasteiger partial charge on any atom is -0.383 e. The van der Waals surface area contributed by atoms with E-state index in [1.807, 2.05) is 32.0 Å². The second-order valence-corrected chi connectivity index (χ2v) is 8.98. The maximum absolute atomic E-state index is 12.9. The van der Waals surface area contributed by atoms with Crippen molar-refractivity contribution in [2.24, 2.45) is 5.92 Å². The molecular weight excluding hydrogens is 376 g/mol. The number of hydrogen-bond donors (Lipinski definition) is 1. The van der Waals surface area contributed by atoms with Gasteiger partial charge in [-0.25, -0.2) is 4.79 Å². The lowest BCUT2D eigenvalue weighted by Crippen LogP contribution is -2.37. The topological polar surface area (TPSA) is 75.7 Å². The van der Waals surface area contributed by atoms with E-state index >= 15 is 0 Å². The molecule has 0 radical (unpaired) electrons. The molecule has 2 amide bonds. The van der Waals surface area contributed by atoms with Gasteiger partial charge in [-0.1, -0.05) is 44.2 Å². The van der Waals surface area contributed by atoms with E-state index in [0.29, 0.717) is 19.0 Å². The Labute approximate surface area is 167 Å². The van der Waals surface area contributed by atoms with Gasteiger partial charge in [0, 0.05) is 18.8 Å². The molecule has 0 bridgehead atoms. The van der Waals surface area contributed by atoms with Crippen molar-refractivity contribution in [3.63, 3.8) is 0 Å². The van der Waals surface area contributed by atoms with Gasteiger partial charge in [0.25, 0.3) is 0 Å². The maximum atomic E-state index is 12.9. The Morgan fingerprint density at radius 2 is 1.64 bits per heavy atom. The van der Waals surface area contributed by atoms with Crippen molar-refractivity contribution in [3.05, 3.63) is 59.2 Å². The number of para-hydroxylation sites is 1. The van der Waals surface area contributed by atoms with E-state index in [9.17, 15) is 13.2 Å². The van der Waals surface area contributed by atoms with Gasteiger partial charge in [-0.2, -0.15) is 8.42 Å². The van der Waals surface area contributed by atoms with Crippen LogP contribution in [0.4, 0.5) is 10.5 Å². The zero-order chi connectivity index (χ0) is 20.9. The zero-order valence-electron chi connectivity index (χ0n) is 17.0. The molecule has 0 fully saturated rings. The monoisotopic (exact) mass is 404 g/mol. The first-order valence-electron chi connectivity index (χ1n) is 9.15. The molecule has 0 saturated heterocycles. The van der Waals surface area contributed by atoms with Gasteiger partial charge in [-0.05, 0) is 48.6 Å². The minimum absolute atomic E-state index is 0.164. The van der Waals surface area contributed by atoms with Crippen molar-refractivity contribution in [1.82, 2.24) is 4.90 Å². The van der Waals surface area contributed by atoms with Crippen molar-refractivity contribution in [1.29, 1.82) is 0 Å². The molecule has 1 N–H and O–H groups in total. The summed E-state index contributed by atoms with van der Waals surface area (Å²) in [4.78, 5) is 14.7. The van der Waals surface area contributed by atoms with Crippen LogP contribution < -0.4 is 9.50 Å². The molecular formula is C21H28N2O4S. The van der Waals surface area contributed by atoms with Gasteiger partial charge in [-0.15, -0.1) is 0 Å². The highest BCUT2D eigenvalue weighted by Gasteiger charge is 2.17. The van der Waals surface area contributed by atoms with Gasteiger partial charge in [0.1, 0.15) is 5.75 Å². The van der Waals surface area contributed by atoms with E-state index in [1.54, 1.807) is 29.2 Å². The number of nitrogens with one attached hydrogen (secondary N) is 1.